The van der Waals surface area contributed by atoms with Crippen molar-refractivity contribution in [1.29, 1.82) is 0 Å². The predicted molar refractivity (Wildman–Crippen MR) is 79.2 cm³/mol. The standard InChI is InChI=1S/C14H13F3N2SSe/c1-13(2)12-11(18-7-19-12)9-4-3-8(5-10(9)21-13)20-6-14(15,16)17/h3-5,7H,6H2,1-2H3,(H,18,19). The van der Waals surface area contributed by atoms with E-state index in [0.29, 0.717) is 4.90 Å². The quantitative estimate of drug-likeness (QED) is 0.643. The maximum atomic E-state index is 12.3. The van der Waals surface area contributed by atoms with Crippen LogP contribution in [0.4, 0.5) is 13.2 Å². The topological polar surface area (TPSA) is 28.7 Å². The molecule has 0 aliphatic carbocycles. The van der Waals surface area contributed by atoms with Crippen molar-refractivity contribution in [2.75, 3.05) is 5.75 Å². The van der Waals surface area contributed by atoms with E-state index in [1.807, 2.05) is 12.1 Å². The molecule has 1 aromatic carbocycles. The van der Waals surface area contributed by atoms with E-state index in [-0.39, 0.29) is 19.3 Å². The summed E-state index contributed by atoms with van der Waals surface area (Å²) in [5.74, 6) is -0.851. The van der Waals surface area contributed by atoms with E-state index in [2.05, 4.69) is 23.8 Å². The number of aromatic nitrogens is 2. The van der Waals surface area contributed by atoms with E-state index < -0.39 is 11.9 Å². The summed E-state index contributed by atoms with van der Waals surface area (Å²) in [6.45, 7) is 4.28. The Kier molecular flexibility index (Phi) is 3.62. The van der Waals surface area contributed by atoms with Crippen LogP contribution in [-0.2, 0) is 4.31 Å². The Hall–Kier alpha value is -0.911. The number of thioether (sulfide) groups is 1. The Balaban J connectivity index is 1.94. The number of aromatic amines is 1. The fraction of sp³-hybridized carbons (Fsp3) is 0.357. The molecule has 7 heteroatoms. The molecule has 2 heterocycles. The van der Waals surface area contributed by atoms with E-state index in [1.165, 1.54) is 0 Å². The van der Waals surface area contributed by atoms with Gasteiger partial charge in [-0.3, -0.25) is 0 Å². The van der Waals surface area contributed by atoms with Crippen LogP contribution in [-0.4, -0.2) is 36.9 Å². The van der Waals surface area contributed by atoms with Gasteiger partial charge >= 0.3 is 131 Å². The van der Waals surface area contributed by atoms with E-state index in [9.17, 15) is 13.2 Å². The number of rotatable bonds is 2. The van der Waals surface area contributed by atoms with E-state index in [1.54, 1.807) is 12.4 Å². The number of fused-ring (bicyclic) bond motifs is 3. The van der Waals surface area contributed by atoms with Gasteiger partial charge in [-0.15, -0.1) is 0 Å². The van der Waals surface area contributed by atoms with Gasteiger partial charge in [0.15, 0.2) is 0 Å². The molecule has 3 rings (SSSR count). The first-order valence-corrected chi connectivity index (χ1v) is 9.03. The van der Waals surface area contributed by atoms with Gasteiger partial charge in [-0.1, -0.05) is 0 Å². The summed E-state index contributed by atoms with van der Waals surface area (Å²) in [7, 11) is 0. The molecule has 21 heavy (non-hydrogen) atoms. The predicted octanol–water partition coefficient (Wildman–Crippen LogP) is 3.31. The van der Waals surface area contributed by atoms with Crippen molar-refractivity contribution in [3.05, 3.63) is 30.2 Å². The van der Waals surface area contributed by atoms with Gasteiger partial charge in [-0.25, -0.2) is 0 Å². The molecule has 0 saturated carbocycles. The van der Waals surface area contributed by atoms with Gasteiger partial charge in [0.2, 0.25) is 0 Å². The van der Waals surface area contributed by atoms with Gasteiger partial charge in [0.1, 0.15) is 0 Å². The first kappa shape index (κ1) is 15.0. The monoisotopic (exact) mass is 378 g/mol. The van der Waals surface area contributed by atoms with Crippen LogP contribution < -0.4 is 4.46 Å². The zero-order valence-electron chi connectivity index (χ0n) is 11.4. The van der Waals surface area contributed by atoms with Crippen LogP contribution in [0.5, 0.6) is 0 Å². The number of nitrogens with one attached hydrogen (secondary N) is 1. The average molecular weight is 377 g/mol. The molecule has 0 saturated heterocycles. The zero-order valence-corrected chi connectivity index (χ0v) is 13.9. The number of benzene rings is 1. The summed E-state index contributed by atoms with van der Waals surface area (Å²) < 4.78 is 38.1. The van der Waals surface area contributed by atoms with Crippen molar-refractivity contribution in [3.63, 3.8) is 0 Å². The maximum absolute atomic E-state index is 12.3. The van der Waals surface area contributed by atoms with Crippen molar-refractivity contribution in [2.24, 2.45) is 0 Å². The second-order valence-corrected chi connectivity index (χ2v) is 9.84. The van der Waals surface area contributed by atoms with Gasteiger partial charge in [0.25, 0.3) is 0 Å². The summed E-state index contributed by atoms with van der Waals surface area (Å²) >= 11 is 0.990. The van der Waals surface area contributed by atoms with Crippen LogP contribution >= 0.6 is 11.8 Å². The molecule has 0 fully saturated rings. The van der Waals surface area contributed by atoms with Crippen LogP contribution in [0, 0.1) is 0 Å². The Bertz CT molecular complexity index is 679. The number of halogens is 3. The van der Waals surface area contributed by atoms with Crippen molar-refractivity contribution >= 4 is 31.2 Å². The second kappa shape index (κ2) is 5.07. The molecule has 0 bridgehead atoms. The van der Waals surface area contributed by atoms with Crippen LogP contribution in [0.15, 0.2) is 29.4 Å². The second-order valence-electron chi connectivity index (χ2n) is 5.30. The normalized spacial score (nSPS) is 16.4. The van der Waals surface area contributed by atoms with E-state index >= 15 is 0 Å². The third kappa shape index (κ3) is 3.00. The van der Waals surface area contributed by atoms with Crippen LogP contribution in [0.3, 0.4) is 0 Å². The summed E-state index contributed by atoms with van der Waals surface area (Å²) in [4.78, 5) is 8.24. The third-order valence-electron chi connectivity index (χ3n) is 3.22. The Morgan fingerprint density at radius 1 is 1.33 bits per heavy atom. The summed E-state index contributed by atoms with van der Waals surface area (Å²) in [6.07, 6.45) is -2.45. The first-order chi connectivity index (χ1) is 9.76. The Morgan fingerprint density at radius 3 is 2.81 bits per heavy atom. The molecule has 1 aromatic heterocycles. The number of alkyl halides is 3. The summed E-state index contributed by atoms with van der Waals surface area (Å²) in [6, 6.07) is 5.54. The molecule has 2 aromatic rings. The van der Waals surface area contributed by atoms with E-state index in [0.717, 1.165) is 33.2 Å². The molecular weight excluding hydrogens is 364 g/mol. The summed E-state index contributed by atoms with van der Waals surface area (Å²) in [5, 5.41) is 0. The molecule has 0 atom stereocenters. The van der Waals surface area contributed by atoms with Gasteiger partial charge in [0.05, 0.1) is 0 Å². The molecule has 0 amide bonds. The van der Waals surface area contributed by atoms with Crippen molar-refractivity contribution in [2.45, 2.75) is 29.2 Å². The average Bonchev–Trinajstić information content (AvgIpc) is 2.85. The van der Waals surface area contributed by atoms with Crippen molar-refractivity contribution in [1.82, 2.24) is 9.97 Å². The number of hydrogen-bond donors (Lipinski definition) is 1. The van der Waals surface area contributed by atoms with Gasteiger partial charge < -0.3 is 0 Å². The van der Waals surface area contributed by atoms with Crippen LogP contribution in [0.1, 0.15) is 19.5 Å². The SMILES string of the molecule is CC1(C)[Se]c2cc(SCC(F)(F)F)ccc2-c2nc[nH]c21. The number of nitrogens with zero attached hydrogens (tertiary/aromatic N) is 1. The Morgan fingerprint density at radius 2 is 2.10 bits per heavy atom. The van der Waals surface area contributed by atoms with E-state index in [4.69, 9.17) is 0 Å². The molecule has 0 unspecified atom stereocenters. The molecule has 0 spiro atoms. The first-order valence-electron chi connectivity index (χ1n) is 6.33. The van der Waals surface area contributed by atoms with Crippen LogP contribution in [0.2, 0.25) is 0 Å². The molecular formula is C14H13F3N2SSe. The molecule has 1 aliphatic heterocycles. The molecule has 1 N–H and O–H groups in total. The Labute approximate surface area is 131 Å². The molecule has 0 radical (unpaired) electrons. The van der Waals surface area contributed by atoms with Gasteiger partial charge in [-0.05, 0) is 0 Å². The molecule has 112 valence electrons. The van der Waals surface area contributed by atoms with Crippen LogP contribution in [0.25, 0.3) is 11.3 Å². The molecule has 2 nitrogen and oxygen atoms in total. The van der Waals surface area contributed by atoms with Crippen molar-refractivity contribution in [3.8, 4) is 11.3 Å². The van der Waals surface area contributed by atoms with Gasteiger partial charge in [-0.2, -0.15) is 0 Å². The fourth-order valence-electron chi connectivity index (χ4n) is 2.32. The number of imidazole rings is 1. The van der Waals surface area contributed by atoms with Crippen molar-refractivity contribution < 1.29 is 13.2 Å². The summed E-state index contributed by atoms with van der Waals surface area (Å²) in [5.41, 5.74) is 3.09. The number of H-pyrrole nitrogens is 1. The van der Waals surface area contributed by atoms with Gasteiger partial charge in [0, 0.05) is 0 Å². The minimum absolute atomic E-state index is 0.0286. The fourth-order valence-corrected chi connectivity index (χ4v) is 5.85. The number of hydrogen-bond acceptors (Lipinski definition) is 2. The molecule has 1 aliphatic rings. The minimum atomic E-state index is -4.14. The third-order valence-corrected chi connectivity index (χ3v) is 6.95. The zero-order chi connectivity index (χ0) is 15.3.